The van der Waals surface area contributed by atoms with Crippen LogP contribution in [0.1, 0.15) is 5.56 Å². The number of rotatable bonds is 3. The fourth-order valence-corrected chi connectivity index (χ4v) is 1.65. The van der Waals surface area contributed by atoms with E-state index < -0.39 is 0 Å². The minimum absolute atomic E-state index is 0. The molecule has 1 amide bonds. The molecule has 0 unspecified atom stereocenters. The zero-order valence-electron chi connectivity index (χ0n) is 9.71. The Morgan fingerprint density at radius 2 is 2.12 bits per heavy atom. The molecule has 4 nitrogen and oxygen atoms in total. The SMILES string of the molecule is CON(C)C(=O)Cc1c[nH]c2ccccc12.[Ar]. The molecule has 0 aliphatic heterocycles. The quantitative estimate of drug-likeness (QED) is 0.852. The average Bonchev–Trinajstić information content (AvgIpc) is 2.72. The molecule has 1 heterocycles. The number of hydrogen-bond donors (Lipinski definition) is 1. The van der Waals surface area contributed by atoms with Crippen molar-refractivity contribution in [2.75, 3.05) is 14.2 Å². The van der Waals surface area contributed by atoms with Gasteiger partial charge in [-0.05, 0) is 11.6 Å². The number of carbonyl (C=O) groups excluding carboxylic acids is 1. The summed E-state index contributed by atoms with van der Waals surface area (Å²) >= 11 is 0. The summed E-state index contributed by atoms with van der Waals surface area (Å²) in [7, 11) is 3.09. The van der Waals surface area contributed by atoms with Crippen molar-refractivity contribution in [1.82, 2.24) is 10.0 Å². The van der Waals surface area contributed by atoms with Crippen molar-refractivity contribution in [3.05, 3.63) is 36.0 Å². The molecule has 1 aromatic carbocycles. The molecule has 0 saturated heterocycles. The molecule has 0 bridgehead atoms. The summed E-state index contributed by atoms with van der Waals surface area (Å²) < 4.78 is 0. The van der Waals surface area contributed by atoms with Gasteiger partial charge in [-0.3, -0.25) is 9.63 Å². The van der Waals surface area contributed by atoms with Crippen LogP contribution >= 0.6 is 0 Å². The molecule has 5 heteroatoms. The first-order valence-corrected chi connectivity index (χ1v) is 5.08. The van der Waals surface area contributed by atoms with Gasteiger partial charge in [0.2, 0.25) is 5.91 Å². The van der Waals surface area contributed by atoms with Gasteiger partial charge in [-0.2, -0.15) is 0 Å². The van der Waals surface area contributed by atoms with Gasteiger partial charge in [0, 0.05) is 61.9 Å². The van der Waals surface area contributed by atoms with Gasteiger partial charge in [0.05, 0.1) is 13.5 Å². The predicted molar refractivity (Wildman–Crippen MR) is 61.8 cm³/mol. The van der Waals surface area contributed by atoms with E-state index in [4.69, 9.17) is 4.84 Å². The number of aromatic amines is 1. The molecule has 2 rings (SSSR count). The van der Waals surface area contributed by atoms with Gasteiger partial charge in [-0.15, -0.1) is 0 Å². The number of fused-ring (bicyclic) bond motifs is 1. The van der Waals surface area contributed by atoms with Crippen molar-refractivity contribution in [2.24, 2.45) is 0 Å². The Morgan fingerprint density at radius 1 is 1.41 bits per heavy atom. The number of nitrogens with zero attached hydrogens (tertiary/aromatic N) is 1. The van der Waals surface area contributed by atoms with Crippen molar-refractivity contribution in [1.29, 1.82) is 0 Å². The van der Waals surface area contributed by atoms with Gasteiger partial charge < -0.3 is 4.98 Å². The Kier molecular flexibility index (Phi) is 5.46. The molecule has 17 heavy (non-hydrogen) atoms. The summed E-state index contributed by atoms with van der Waals surface area (Å²) in [6.45, 7) is 0. The van der Waals surface area contributed by atoms with Crippen LogP contribution in [0.3, 0.4) is 0 Å². The largest absolute Gasteiger partial charge is 0.361 e. The van der Waals surface area contributed by atoms with Crippen LogP contribution in [0.2, 0.25) is 0 Å². The number of aromatic nitrogens is 1. The summed E-state index contributed by atoms with van der Waals surface area (Å²) in [5.74, 6) is -0.0627. The smallest absolute Gasteiger partial charge is 0.250 e. The summed E-state index contributed by atoms with van der Waals surface area (Å²) in [4.78, 5) is 19.7. The monoisotopic (exact) mass is 258 g/mol. The Bertz CT molecular complexity index is 510. The molecule has 0 spiro atoms. The molecule has 92 valence electrons. The van der Waals surface area contributed by atoms with Crippen LogP contribution < -0.4 is 0 Å². The molecule has 0 fully saturated rings. The Labute approximate surface area is 130 Å². The van der Waals surface area contributed by atoms with E-state index in [0.29, 0.717) is 6.42 Å². The van der Waals surface area contributed by atoms with Crippen molar-refractivity contribution >= 4 is 16.8 Å². The number of hydroxylamine groups is 2. The van der Waals surface area contributed by atoms with E-state index in [2.05, 4.69) is 4.98 Å². The first-order chi connectivity index (χ1) is 7.72. The van der Waals surface area contributed by atoms with Gasteiger partial charge in [0.25, 0.3) is 0 Å². The van der Waals surface area contributed by atoms with Gasteiger partial charge in [0.15, 0.2) is 0 Å². The third-order valence-corrected chi connectivity index (χ3v) is 2.64. The van der Waals surface area contributed by atoms with Gasteiger partial charge in [-0.25, -0.2) is 5.06 Å². The van der Waals surface area contributed by atoms with Crippen molar-refractivity contribution in [3.63, 3.8) is 0 Å². The number of amides is 1. The summed E-state index contributed by atoms with van der Waals surface area (Å²) in [6.07, 6.45) is 2.21. The van der Waals surface area contributed by atoms with E-state index in [9.17, 15) is 4.79 Å². The Morgan fingerprint density at radius 3 is 2.82 bits per heavy atom. The van der Waals surface area contributed by atoms with Gasteiger partial charge in [-0.1, -0.05) is 18.2 Å². The molecule has 0 radical (unpaired) electrons. The van der Waals surface area contributed by atoms with Crippen LogP contribution in [-0.4, -0.2) is 30.1 Å². The first kappa shape index (κ1) is 14.5. The van der Waals surface area contributed by atoms with E-state index in [-0.39, 0.29) is 43.6 Å². The number of likely N-dealkylation sites (N-methyl/N-ethyl adjacent to an activating group) is 1. The number of hydrogen-bond acceptors (Lipinski definition) is 2. The van der Waals surface area contributed by atoms with E-state index in [0.717, 1.165) is 16.5 Å². The second kappa shape index (κ2) is 6.40. The fraction of sp³-hybridized carbons (Fsp3) is 0.250. The average molecular weight is 258 g/mol. The maximum Gasteiger partial charge on any atom is 0.250 e. The minimum atomic E-state index is -0.0627. The molecule has 0 aliphatic carbocycles. The molecular weight excluding hydrogens is 244 g/mol. The number of H-pyrrole nitrogens is 1. The first-order valence-electron chi connectivity index (χ1n) is 5.08. The van der Waals surface area contributed by atoms with E-state index in [1.807, 2.05) is 30.5 Å². The minimum Gasteiger partial charge on any atom is -0.361 e. The number of nitrogens with one attached hydrogen (secondary N) is 1. The summed E-state index contributed by atoms with van der Waals surface area (Å²) in [5, 5.41) is 2.32. The molecule has 0 aliphatic rings. The van der Waals surface area contributed by atoms with Crippen LogP contribution in [-0.2, 0) is 16.1 Å². The van der Waals surface area contributed by atoms with Crippen LogP contribution in [0.4, 0.5) is 0 Å². The van der Waals surface area contributed by atoms with Crippen molar-refractivity contribution in [3.8, 4) is 0 Å². The third-order valence-electron chi connectivity index (χ3n) is 2.64. The van der Waals surface area contributed by atoms with Crippen LogP contribution in [0, 0.1) is 37.7 Å². The zero-order chi connectivity index (χ0) is 11.5. The van der Waals surface area contributed by atoms with Crippen molar-refractivity contribution in [2.45, 2.75) is 6.42 Å². The Balaban J connectivity index is 0.00000144. The van der Waals surface area contributed by atoms with Gasteiger partial charge in [0.1, 0.15) is 0 Å². The topological polar surface area (TPSA) is 45.3 Å². The molecule has 2 aromatic rings. The fourth-order valence-electron chi connectivity index (χ4n) is 1.65. The third kappa shape index (κ3) is 3.22. The number of para-hydroxylation sites is 1. The van der Waals surface area contributed by atoms with E-state index in [1.165, 1.54) is 12.2 Å². The van der Waals surface area contributed by atoms with Crippen LogP contribution in [0.25, 0.3) is 10.9 Å². The molecule has 1 N–H and O–H groups in total. The standard InChI is InChI=1S/C12H14N2O2.Ar/c1-14(16-2)12(15)7-9-8-13-11-6-4-3-5-10(9)11;/h3-6,8,13H,7H2,1-2H3;. The van der Waals surface area contributed by atoms with Crippen molar-refractivity contribution < 1.29 is 47.4 Å². The van der Waals surface area contributed by atoms with Gasteiger partial charge >= 0.3 is 0 Å². The predicted octanol–water partition coefficient (Wildman–Crippen LogP) is 1.73. The number of carbonyl (C=O) groups is 1. The van der Waals surface area contributed by atoms with E-state index in [1.54, 1.807) is 7.05 Å². The molecular formula is C12H14ArN2O2. The van der Waals surface area contributed by atoms with Crippen LogP contribution in [0.5, 0.6) is 0 Å². The summed E-state index contributed by atoms with van der Waals surface area (Å²) in [5.41, 5.74) is 2.04. The summed E-state index contributed by atoms with van der Waals surface area (Å²) in [6, 6.07) is 7.92. The maximum atomic E-state index is 11.7. The Hall–Kier alpha value is -0.550. The second-order valence-electron chi connectivity index (χ2n) is 3.61. The number of benzene rings is 1. The van der Waals surface area contributed by atoms with Crippen LogP contribution in [0.15, 0.2) is 30.5 Å². The maximum absolute atomic E-state index is 11.7. The molecule has 0 atom stereocenters. The van der Waals surface area contributed by atoms with E-state index >= 15 is 0 Å². The molecule has 0 saturated carbocycles. The normalized spacial score (nSPS) is 10.0. The second-order valence-corrected chi connectivity index (χ2v) is 3.61. The zero-order valence-corrected chi connectivity index (χ0v) is 10.4. The molecule has 1 aromatic heterocycles.